The molecule has 42 heavy (non-hydrogen) atoms. The van der Waals surface area contributed by atoms with E-state index in [1.807, 2.05) is 24.3 Å². The number of anilines is 1. The van der Waals surface area contributed by atoms with Gasteiger partial charge in [-0.1, -0.05) is 78.4 Å². The van der Waals surface area contributed by atoms with E-state index in [0.717, 1.165) is 18.4 Å². The van der Waals surface area contributed by atoms with Crippen molar-refractivity contribution in [3.05, 3.63) is 100 Å². The lowest BCUT2D eigenvalue weighted by atomic mass is 9.95. The largest absolute Gasteiger partial charge is 0.507 e. The van der Waals surface area contributed by atoms with Crippen molar-refractivity contribution in [2.24, 2.45) is 0 Å². The van der Waals surface area contributed by atoms with Crippen molar-refractivity contribution in [2.75, 3.05) is 18.6 Å². The number of aliphatic hydroxyl groups is 1. The Labute approximate surface area is 257 Å². The van der Waals surface area contributed by atoms with E-state index in [1.54, 1.807) is 55.6 Å². The zero-order valence-electron chi connectivity index (χ0n) is 23.0. The van der Waals surface area contributed by atoms with Crippen molar-refractivity contribution in [1.82, 2.24) is 10.2 Å². The van der Waals surface area contributed by atoms with E-state index in [9.17, 15) is 14.7 Å². The van der Waals surface area contributed by atoms with E-state index < -0.39 is 17.7 Å². The first-order valence-electron chi connectivity index (χ1n) is 13.3. The number of unbranched alkanes of at least 4 members (excludes halogenated alkanes) is 1. The SMILES string of the molecule is CCCCOc1ccc(C(O)=C2C(=O)C(=O)N(c3nnc(SCc4ccccc4Cl)s3)C2c2ccc(OC)cc2)cc1. The number of thioether (sulfide) groups is 1. The van der Waals surface area contributed by atoms with Crippen LogP contribution in [-0.4, -0.2) is 40.7 Å². The Morgan fingerprint density at radius 2 is 1.74 bits per heavy atom. The molecule has 1 unspecified atom stereocenters. The van der Waals surface area contributed by atoms with E-state index in [0.29, 0.717) is 44.3 Å². The number of ether oxygens (including phenoxy) is 2. The monoisotopic (exact) mass is 621 g/mol. The number of aromatic nitrogens is 2. The van der Waals surface area contributed by atoms with Crippen LogP contribution in [0.3, 0.4) is 0 Å². The zero-order chi connectivity index (χ0) is 29.6. The van der Waals surface area contributed by atoms with Gasteiger partial charge in [0.2, 0.25) is 5.13 Å². The van der Waals surface area contributed by atoms with Crippen LogP contribution < -0.4 is 14.4 Å². The number of aliphatic hydroxyl groups excluding tert-OH is 1. The zero-order valence-corrected chi connectivity index (χ0v) is 25.3. The van der Waals surface area contributed by atoms with Crippen molar-refractivity contribution in [2.45, 2.75) is 35.9 Å². The van der Waals surface area contributed by atoms with Crippen LogP contribution in [-0.2, 0) is 15.3 Å². The molecule has 0 saturated carbocycles. The number of amides is 1. The van der Waals surface area contributed by atoms with Crippen LogP contribution in [0.15, 0.2) is 82.7 Å². The molecule has 0 aliphatic carbocycles. The molecule has 216 valence electrons. The highest BCUT2D eigenvalue weighted by Gasteiger charge is 2.48. The van der Waals surface area contributed by atoms with Crippen molar-refractivity contribution in [1.29, 1.82) is 0 Å². The highest BCUT2D eigenvalue weighted by Crippen LogP contribution is 2.44. The normalized spacial score (nSPS) is 16.2. The molecule has 5 rings (SSSR count). The lowest BCUT2D eigenvalue weighted by Crippen LogP contribution is -2.29. The van der Waals surface area contributed by atoms with Gasteiger partial charge in [0.1, 0.15) is 17.3 Å². The van der Waals surface area contributed by atoms with Gasteiger partial charge in [0.25, 0.3) is 5.78 Å². The summed E-state index contributed by atoms with van der Waals surface area (Å²) in [6.45, 7) is 2.67. The molecular weight excluding hydrogens is 594 g/mol. The third-order valence-corrected chi connectivity index (χ3v) is 9.15. The standard InChI is InChI=1S/C31H28ClN3O5S2/c1-3-4-17-40-23-15-11-20(12-16-23)27(36)25-26(19-9-13-22(39-2)14-10-19)35(29(38)28(25)37)30-33-34-31(42-30)41-18-21-7-5-6-8-24(21)32/h5-16,26,36H,3-4,17-18H2,1-2H3. The van der Waals surface area contributed by atoms with Gasteiger partial charge < -0.3 is 14.6 Å². The second kappa shape index (κ2) is 13.4. The molecule has 1 N–H and O–H groups in total. The first-order valence-corrected chi connectivity index (χ1v) is 15.5. The Bertz CT molecular complexity index is 1610. The predicted octanol–water partition coefficient (Wildman–Crippen LogP) is 7.30. The van der Waals surface area contributed by atoms with Crippen LogP contribution in [0.25, 0.3) is 5.76 Å². The second-order valence-corrected chi connectivity index (χ2v) is 12.0. The molecule has 1 aliphatic rings. The molecule has 1 amide bonds. The number of carbonyl (C=O) groups is 2. The lowest BCUT2D eigenvalue weighted by Gasteiger charge is -2.22. The highest BCUT2D eigenvalue weighted by molar-refractivity contribution is 8.00. The molecular formula is C31H28ClN3O5S2. The van der Waals surface area contributed by atoms with Crippen molar-refractivity contribution >= 4 is 57.3 Å². The molecule has 1 aromatic heterocycles. The summed E-state index contributed by atoms with van der Waals surface area (Å²) in [6.07, 6.45) is 1.94. The number of nitrogens with zero attached hydrogens (tertiary/aromatic N) is 3. The van der Waals surface area contributed by atoms with Crippen LogP contribution in [0, 0.1) is 0 Å². The fourth-order valence-electron chi connectivity index (χ4n) is 4.44. The van der Waals surface area contributed by atoms with E-state index in [2.05, 4.69) is 17.1 Å². The Hall–Kier alpha value is -3.86. The molecule has 0 bridgehead atoms. The predicted molar refractivity (Wildman–Crippen MR) is 166 cm³/mol. The minimum Gasteiger partial charge on any atom is -0.507 e. The van der Waals surface area contributed by atoms with Gasteiger partial charge >= 0.3 is 5.91 Å². The molecule has 11 heteroatoms. The van der Waals surface area contributed by atoms with E-state index in [-0.39, 0.29) is 16.5 Å². The highest BCUT2D eigenvalue weighted by atomic mass is 35.5. The smallest absolute Gasteiger partial charge is 0.301 e. The fourth-order valence-corrected chi connectivity index (χ4v) is 6.60. The van der Waals surface area contributed by atoms with Crippen LogP contribution >= 0.6 is 34.7 Å². The molecule has 1 saturated heterocycles. The number of hydrogen-bond acceptors (Lipinski definition) is 9. The van der Waals surface area contributed by atoms with Gasteiger partial charge in [-0.25, -0.2) is 0 Å². The molecule has 4 aromatic rings. The quantitative estimate of drug-likeness (QED) is 0.0465. The Balaban J connectivity index is 1.49. The number of Topliss-reactive ketones (excluding diaryl/α,β-unsaturated/α-hetero) is 1. The van der Waals surface area contributed by atoms with Gasteiger partial charge in [-0.05, 0) is 60.0 Å². The third-order valence-electron chi connectivity index (χ3n) is 6.68. The van der Waals surface area contributed by atoms with Gasteiger partial charge in [-0.3, -0.25) is 14.5 Å². The maximum Gasteiger partial charge on any atom is 0.301 e. The first-order chi connectivity index (χ1) is 20.4. The number of benzene rings is 3. The number of halogens is 1. The number of rotatable bonds is 11. The van der Waals surface area contributed by atoms with Crippen LogP contribution in [0.5, 0.6) is 11.5 Å². The summed E-state index contributed by atoms with van der Waals surface area (Å²) >= 11 is 8.92. The first kappa shape index (κ1) is 29.6. The van der Waals surface area contributed by atoms with Crippen molar-refractivity contribution < 1.29 is 24.2 Å². The van der Waals surface area contributed by atoms with Gasteiger partial charge in [0, 0.05) is 16.3 Å². The van der Waals surface area contributed by atoms with Crippen molar-refractivity contribution in [3.8, 4) is 11.5 Å². The van der Waals surface area contributed by atoms with Crippen molar-refractivity contribution in [3.63, 3.8) is 0 Å². The third kappa shape index (κ3) is 6.30. The molecule has 1 atom stereocenters. The van der Waals surface area contributed by atoms with Gasteiger partial charge in [-0.2, -0.15) is 0 Å². The summed E-state index contributed by atoms with van der Waals surface area (Å²) in [6, 6.07) is 20.4. The van der Waals surface area contributed by atoms with Crippen LogP contribution in [0.1, 0.15) is 42.5 Å². The second-order valence-electron chi connectivity index (χ2n) is 9.40. The van der Waals surface area contributed by atoms with E-state index in [1.165, 1.54) is 28.0 Å². The number of methoxy groups -OCH3 is 1. The molecule has 1 aliphatic heterocycles. The maximum absolute atomic E-state index is 13.5. The van der Waals surface area contributed by atoms with Gasteiger partial charge in [-0.15, -0.1) is 10.2 Å². The molecule has 1 fully saturated rings. The summed E-state index contributed by atoms with van der Waals surface area (Å²) in [5, 5.41) is 20.8. The summed E-state index contributed by atoms with van der Waals surface area (Å²) < 4.78 is 11.6. The number of carbonyl (C=O) groups excluding carboxylic acids is 2. The van der Waals surface area contributed by atoms with E-state index in [4.69, 9.17) is 21.1 Å². The number of ketones is 1. The average molecular weight is 622 g/mol. The Morgan fingerprint density at radius 1 is 1.02 bits per heavy atom. The minimum absolute atomic E-state index is 0.0368. The molecule has 2 heterocycles. The summed E-state index contributed by atoms with van der Waals surface area (Å²) in [5.74, 6) is -0.0542. The summed E-state index contributed by atoms with van der Waals surface area (Å²) in [7, 11) is 1.56. The topological polar surface area (TPSA) is 102 Å². The number of hydrogen-bond donors (Lipinski definition) is 1. The van der Waals surface area contributed by atoms with Crippen LogP contribution in [0.2, 0.25) is 5.02 Å². The summed E-state index contributed by atoms with van der Waals surface area (Å²) in [5.41, 5.74) is 1.91. The van der Waals surface area contributed by atoms with Gasteiger partial charge in [0.05, 0.1) is 25.3 Å². The maximum atomic E-state index is 13.5. The minimum atomic E-state index is -0.925. The molecule has 0 spiro atoms. The van der Waals surface area contributed by atoms with Crippen LogP contribution in [0.4, 0.5) is 5.13 Å². The Morgan fingerprint density at radius 3 is 2.43 bits per heavy atom. The van der Waals surface area contributed by atoms with Gasteiger partial charge in [0.15, 0.2) is 4.34 Å². The summed E-state index contributed by atoms with van der Waals surface area (Å²) in [4.78, 5) is 28.3. The van der Waals surface area contributed by atoms with E-state index >= 15 is 0 Å². The molecule has 0 radical (unpaired) electrons. The molecule has 3 aromatic carbocycles. The Kier molecular flexibility index (Phi) is 9.46. The molecule has 8 nitrogen and oxygen atoms in total. The lowest BCUT2D eigenvalue weighted by molar-refractivity contribution is -0.132. The average Bonchev–Trinajstić information content (AvgIpc) is 3.58. The fraction of sp³-hybridized carbons (Fsp3) is 0.226.